The van der Waals surface area contributed by atoms with Crippen molar-refractivity contribution in [3.63, 3.8) is 0 Å². The Hall–Kier alpha value is -3.71. The maximum Gasteiger partial charge on any atom is 0.285 e. The van der Waals surface area contributed by atoms with Crippen LogP contribution in [0.5, 0.6) is 5.75 Å². The van der Waals surface area contributed by atoms with Gasteiger partial charge in [-0.2, -0.15) is 5.10 Å². The van der Waals surface area contributed by atoms with Crippen LogP contribution in [0, 0.1) is 0 Å². The van der Waals surface area contributed by atoms with Gasteiger partial charge in [-0.25, -0.2) is 4.52 Å². The Morgan fingerprint density at radius 3 is 2.58 bits per heavy atom. The zero-order valence-electron chi connectivity index (χ0n) is 16.9. The first kappa shape index (κ1) is 19.3. The number of hydrogen-bond acceptors (Lipinski definition) is 5. The second-order valence-corrected chi connectivity index (χ2v) is 7.48. The molecule has 154 valence electrons. The smallest absolute Gasteiger partial charge is 0.285 e. The van der Waals surface area contributed by atoms with E-state index in [4.69, 9.17) is 21.4 Å². The quantitative estimate of drug-likeness (QED) is 0.423. The fraction of sp³-hybridized carbons (Fsp3) is 0.130. The molecule has 2 aromatic carbocycles. The largest absolute Gasteiger partial charge is 0.497 e. The van der Waals surface area contributed by atoms with Crippen LogP contribution >= 0.6 is 11.6 Å². The molecule has 3 aromatic heterocycles. The van der Waals surface area contributed by atoms with E-state index in [2.05, 4.69) is 10.2 Å². The molecule has 7 nitrogen and oxygen atoms in total. The highest BCUT2D eigenvalue weighted by molar-refractivity contribution is 6.30. The van der Waals surface area contributed by atoms with Crippen molar-refractivity contribution in [2.24, 2.45) is 0 Å². The first-order valence-corrected chi connectivity index (χ1v) is 10.2. The number of halogens is 1. The van der Waals surface area contributed by atoms with E-state index in [1.807, 2.05) is 49.4 Å². The minimum absolute atomic E-state index is 0.244. The number of aryl methyl sites for hydroxylation is 1. The molecule has 0 saturated heterocycles. The fourth-order valence-electron chi connectivity index (χ4n) is 3.72. The van der Waals surface area contributed by atoms with Crippen LogP contribution in [-0.2, 0) is 6.42 Å². The number of hydrogen-bond donors (Lipinski definition) is 0. The SMILES string of the molecule is CCc1nn2c(nnc3c(=O)n(-c4ccc(OC)cc4)ccc32)c1-c1cccc(Cl)c1. The van der Waals surface area contributed by atoms with Gasteiger partial charge in [0.1, 0.15) is 11.3 Å². The van der Waals surface area contributed by atoms with Gasteiger partial charge < -0.3 is 4.74 Å². The molecule has 0 unspecified atom stereocenters. The molecule has 8 heteroatoms. The van der Waals surface area contributed by atoms with Crippen molar-refractivity contribution in [1.29, 1.82) is 0 Å². The monoisotopic (exact) mass is 431 g/mol. The zero-order valence-corrected chi connectivity index (χ0v) is 17.7. The predicted molar refractivity (Wildman–Crippen MR) is 120 cm³/mol. The molecule has 0 N–H and O–H groups in total. The lowest BCUT2D eigenvalue weighted by molar-refractivity contribution is 0.414. The summed E-state index contributed by atoms with van der Waals surface area (Å²) in [4.78, 5) is 13.2. The third-order valence-corrected chi connectivity index (χ3v) is 5.49. The Balaban J connectivity index is 1.74. The molecule has 0 spiro atoms. The van der Waals surface area contributed by atoms with Crippen LogP contribution in [0.25, 0.3) is 33.5 Å². The summed E-state index contributed by atoms with van der Waals surface area (Å²) in [5, 5.41) is 14.0. The Kier molecular flexibility index (Phi) is 4.67. The van der Waals surface area contributed by atoms with Gasteiger partial charge >= 0.3 is 0 Å². The number of fused-ring (bicyclic) bond motifs is 3. The van der Waals surface area contributed by atoms with Crippen molar-refractivity contribution in [3.05, 3.63) is 81.9 Å². The van der Waals surface area contributed by atoms with Crippen LogP contribution in [0.1, 0.15) is 12.6 Å². The van der Waals surface area contributed by atoms with E-state index in [9.17, 15) is 4.79 Å². The second-order valence-electron chi connectivity index (χ2n) is 7.04. The summed E-state index contributed by atoms with van der Waals surface area (Å²) in [7, 11) is 1.60. The van der Waals surface area contributed by atoms with Crippen LogP contribution in [0.15, 0.2) is 65.6 Å². The first-order valence-electron chi connectivity index (χ1n) is 9.80. The Morgan fingerprint density at radius 2 is 1.87 bits per heavy atom. The number of rotatable bonds is 4. The molecule has 3 heterocycles. The van der Waals surface area contributed by atoms with Gasteiger partial charge in [0.15, 0.2) is 11.2 Å². The van der Waals surface area contributed by atoms with Gasteiger partial charge in [0.2, 0.25) is 0 Å². The summed E-state index contributed by atoms with van der Waals surface area (Å²) >= 11 is 6.20. The molecule has 0 atom stereocenters. The normalized spacial score (nSPS) is 11.3. The van der Waals surface area contributed by atoms with Gasteiger partial charge in [0.25, 0.3) is 5.56 Å². The molecule has 5 aromatic rings. The average Bonchev–Trinajstić information content (AvgIpc) is 3.18. The summed E-state index contributed by atoms with van der Waals surface area (Å²) in [6, 6.07) is 16.6. The van der Waals surface area contributed by atoms with E-state index in [-0.39, 0.29) is 11.1 Å². The Morgan fingerprint density at radius 1 is 1.06 bits per heavy atom. The molecule has 0 aliphatic carbocycles. The maximum absolute atomic E-state index is 13.2. The summed E-state index contributed by atoms with van der Waals surface area (Å²) in [6.07, 6.45) is 2.43. The van der Waals surface area contributed by atoms with Gasteiger partial charge in [-0.05, 0) is 54.4 Å². The number of pyridine rings is 1. The fourth-order valence-corrected chi connectivity index (χ4v) is 3.91. The molecule has 0 aliphatic heterocycles. The third kappa shape index (κ3) is 3.14. The number of benzene rings is 2. The number of methoxy groups -OCH3 is 1. The van der Waals surface area contributed by atoms with Crippen molar-refractivity contribution in [2.45, 2.75) is 13.3 Å². The van der Waals surface area contributed by atoms with E-state index >= 15 is 0 Å². The van der Waals surface area contributed by atoms with Gasteiger partial charge in [-0.3, -0.25) is 9.36 Å². The molecular weight excluding hydrogens is 414 g/mol. The van der Waals surface area contributed by atoms with E-state index in [1.165, 1.54) is 4.57 Å². The topological polar surface area (TPSA) is 74.3 Å². The number of ether oxygens (including phenoxy) is 1. The van der Waals surface area contributed by atoms with E-state index in [0.717, 1.165) is 22.6 Å². The molecule has 31 heavy (non-hydrogen) atoms. The van der Waals surface area contributed by atoms with Gasteiger partial charge in [0, 0.05) is 16.9 Å². The summed E-state index contributed by atoms with van der Waals surface area (Å²) in [5.41, 5.74) is 4.53. The van der Waals surface area contributed by atoms with Gasteiger partial charge in [-0.1, -0.05) is 30.7 Å². The van der Waals surface area contributed by atoms with E-state index in [0.29, 0.717) is 28.3 Å². The summed E-state index contributed by atoms with van der Waals surface area (Å²) in [5.74, 6) is 0.719. The minimum Gasteiger partial charge on any atom is -0.497 e. The van der Waals surface area contributed by atoms with Crippen molar-refractivity contribution in [1.82, 2.24) is 24.4 Å². The molecular formula is C23H18ClN5O2. The van der Waals surface area contributed by atoms with E-state index in [1.54, 1.807) is 30.0 Å². The molecule has 0 aliphatic rings. The molecule has 0 saturated carbocycles. The van der Waals surface area contributed by atoms with Crippen molar-refractivity contribution >= 4 is 28.3 Å². The predicted octanol–water partition coefficient (Wildman–Crippen LogP) is 4.32. The molecule has 0 fully saturated rings. The number of aromatic nitrogens is 5. The third-order valence-electron chi connectivity index (χ3n) is 5.25. The van der Waals surface area contributed by atoms with Crippen LogP contribution in [0.4, 0.5) is 0 Å². The highest BCUT2D eigenvalue weighted by Gasteiger charge is 2.19. The van der Waals surface area contributed by atoms with Crippen molar-refractivity contribution in [3.8, 4) is 22.6 Å². The Labute approximate surface area is 182 Å². The molecule has 0 amide bonds. The summed E-state index contributed by atoms with van der Waals surface area (Å²) < 4.78 is 8.42. The standard InChI is InChI=1S/C23H18ClN5O2/c1-3-18-20(14-5-4-6-15(24)13-14)22-26-25-21-19(29(22)27-18)11-12-28(23(21)30)16-7-9-17(31-2)10-8-16/h4-13H,3H2,1-2H3. The van der Waals surface area contributed by atoms with Gasteiger partial charge in [0.05, 0.1) is 18.4 Å². The molecule has 0 radical (unpaired) electrons. The highest BCUT2D eigenvalue weighted by Crippen LogP contribution is 2.30. The lowest BCUT2D eigenvalue weighted by Gasteiger charge is -2.08. The second kappa shape index (κ2) is 7.52. The van der Waals surface area contributed by atoms with Crippen LogP contribution in [0.3, 0.4) is 0 Å². The van der Waals surface area contributed by atoms with Gasteiger partial charge in [-0.15, -0.1) is 10.2 Å². The van der Waals surface area contributed by atoms with Crippen molar-refractivity contribution in [2.75, 3.05) is 7.11 Å². The van der Waals surface area contributed by atoms with E-state index < -0.39 is 0 Å². The first-order chi connectivity index (χ1) is 15.1. The lowest BCUT2D eigenvalue weighted by Crippen LogP contribution is -2.20. The lowest BCUT2D eigenvalue weighted by atomic mass is 10.0. The molecule has 5 rings (SSSR count). The minimum atomic E-state index is -0.269. The highest BCUT2D eigenvalue weighted by atomic mass is 35.5. The zero-order chi connectivity index (χ0) is 21.5. The van der Waals surface area contributed by atoms with Crippen LogP contribution in [0.2, 0.25) is 5.02 Å². The van der Waals surface area contributed by atoms with Crippen LogP contribution in [-0.4, -0.2) is 31.5 Å². The maximum atomic E-state index is 13.2. The summed E-state index contributed by atoms with van der Waals surface area (Å²) in [6.45, 7) is 2.03. The molecule has 0 bridgehead atoms. The van der Waals surface area contributed by atoms with Crippen LogP contribution < -0.4 is 10.3 Å². The number of nitrogens with zero attached hydrogens (tertiary/aromatic N) is 5. The Bertz CT molecular complexity index is 1490. The van der Waals surface area contributed by atoms with Crippen molar-refractivity contribution < 1.29 is 4.74 Å². The average molecular weight is 432 g/mol.